The number of rotatable bonds is 6. The third-order valence-corrected chi connectivity index (χ3v) is 3.85. The highest BCUT2D eigenvalue weighted by molar-refractivity contribution is 5.76. The summed E-state index contributed by atoms with van der Waals surface area (Å²) in [6, 6.07) is 14.8. The van der Waals surface area contributed by atoms with Crippen LogP contribution in [0.3, 0.4) is 0 Å². The summed E-state index contributed by atoms with van der Waals surface area (Å²) in [4.78, 5) is 11.9. The molecular formula is C17H20N2O. The number of nitrogens with zero attached hydrogens (tertiary/aromatic N) is 1. The van der Waals surface area contributed by atoms with Crippen molar-refractivity contribution in [3.63, 3.8) is 0 Å². The van der Waals surface area contributed by atoms with E-state index in [2.05, 4.69) is 34.1 Å². The number of carbonyl (C=O) groups excluding carboxylic acids is 1. The Balaban J connectivity index is 1.38. The van der Waals surface area contributed by atoms with Gasteiger partial charge in [-0.05, 0) is 30.5 Å². The molecule has 0 radical (unpaired) electrons. The number of aromatic nitrogens is 1. The van der Waals surface area contributed by atoms with Crippen LogP contribution in [0, 0.1) is 0 Å². The summed E-state index contributed by atoms with van der Waals surface area (Å²) in [5, 5.41) is 3.13. The predicted octanol–water partition coefficient (Wildman–Crippen LogP) is 2.94. The third kappa shape index (κ3) is 3.29. The SMILES string of the molecule is O=C(CCCn1cccc1)N[C@@H]1C[C@H]1c1ccccc1. The zero-order valence-electron chi connectivity index (χ0n) is 11.5. The number of benzene rings is 1. The van der Waals surface area contributed by atoms with Crippen molar-refractivity contribution in [2.45, 2.75) is 37.8 Å². The standard InChI is InChI=1S/C17H20N2O/c20-17(9-6-12-19-10-4-5-11-19)18-16-13-15(16)14-7-2-1-3-8-14/h1-5,7-8,10-11,15-16H,6,9,12-13H2,(H,18,20)/t15-,16+/m0/s1. The lowest BCUT2D eigenvalue weighted by atomic mass is 10.1. The third-order valence-electron chi connectivity index (χ3n) is 3.85. The molecular weight excluding hydrogens is 248 g/mol. The lowest BCUT2D eigenvalue weighted by Gasteiger charge is -2.06. The summed E-state index contributed by atoms with van der Waals surface area (Å²) in [6.07, 6.45) is 6.64. The molecule has 0 bridgehead atoms. The van der Waals surface area contributed by atoms with E-state index in [-0.39, 0.29) is 5.91 Å². The fraction of sp³-hybridized carbons (Fsp3) is 0.353. The first-order chi connectivity index (χ1) is 9.83. The lowest BCUT2D eigenvalue weighted by Crippen LogP contribution is -2.26. The second-order valence-electron chi connectivity index (χ2n) is 5.45. The molecule has 1 fully saturated rings. The number of nitrogens with one attached hydrogen (secondary N) is 1. The Bertz CT molecular complexity index is 548. The Morgan fingerprint density at radius 2 is 1.90 bits per heavy atom. The van der Waals surface area contributed by atoms with Gasteiger partial charge in [-0.1, -0.05) is 30.3 Å². The van der Waals surface area contributed by atoms with Crippen molar-refractivity contribution in [3.05, 3.63) is 60.4 Å². The minimum atomic E-state index is 0.181. The molecule has 0 unspecified atom stereocenters. The number of aryl methyl sites for hydroxylation is 1. The summed E-state index contributed by atoms with van der Waals surface area (Å²) in [5.41, 5.74) is 1.34. The molecule has 1 saturated carbocycles. The van der Waals surface area contributed by atoms with Crippen molar-refractivity contribution in [3.8, 4) is 0 Å². The predicted molar refractivity (Wildman–Crippen MR) is 79.4 cm³/mol. The molecule has 20 heavy (non-hydrogen) atoms. The highest BCUT2D eigenvalue weighted by atomic mass is 16.1. The molecule has 1 amide bonds. The summed E-state index contributed by atoms with van der Waals surface area (Å²) in [6.45, 7) is 0.910. The van der Waals surface area contributed by atoms with Crippen LogP contribution in [0.1, 0.15) is 30.7 Å². The van der Waals surface area contributed by atoms with Crippen molar-refractivity contribution >= 4 is 5.91 Å². The molecule has 1 aliphatic rings. The summed E-state index contributed by atoms with van der Waals surface area (Å²) < 4.78 is 2.11. The van der Waals surface area contributed by atoms with Gasteiger partial charge in [0.05, 0.1) is 0 Å². The van der Waals surface area contributed by atoms with E-state index in [0.717, 1.165) is 19.4 Å². The molecule has 2 atom stereocenters. The molecule has 3 rings (SSSR count). The van der Waals surface area contributed by atoms with Gasteiger partial charge in [0, 0.05) is 37.3 Å². The van der Waals surface area contributed by atoms with Crippen LogP contribution in [-0.4, -0.2) is 16.5 Å². The maximum atomic E-state index is 11.9. The molecule has 0 aliphatic heterocycles. The van der Waals surface area contributed by atoms with E-state index >= 15 is 0 Å². The Labute approximate surface area is 119 Å². The molecule has 0 spiro atoms. The van der Waals surface area contributed by atoms with Crippen molar-refractivity contribution in [1.82, 2.24) is 9.88 Å². The summed E-state index contributed by atoms with van der Waals surface area (Å²) in [7, 11) is 0. The molecule has 2 aromatic rings. The number of carbonyl (C=O) groups is 1. The van der Waals surface area contributed by atoms with Crippen molar-refractivity contribution < 1.29 is 4.79 Å². The van der Waals surface area contributed by atoms with Crippen LogP contribution in [-0.2, 0) is 11.3 Å². The van der Waals surface area contributed by atoms with Gasteiger partial charge in [-0.15, -0.1) is 0 Å². The van der Waals surface area contributed by atoms with E-state index in [1.165, 1.54) is 5.56 Å². The van der Waals surface area contributed by atoms with Crippen LogP contribution in [0.4, 0.5) is 0 Å². The topological polar surface area (TPSA) is 34.0 Å². The quantitative estimate of drug-likeness (QED) is 0.858. The van der Waals surface area contributed by atoms with E-state index in [4.69, 9.17) is 0 Å². The van der Waals surface area contributed by atoms with Crippen LogP contribution < -0.4 is 5.32 Å². The van der Waals surface area contributed by atoms with E-state index in [1.807, 2.05) is 30.6 Å². The number of amides is 1. The van der Waals surface area contributed by atoms with Crippen LogP contribution in [0.2, 0.25) is 0 Å². The maximum Gasteiger partial charge on any atom is 0.220 e. The molecule has 1 heterocycles. The second kappa shape index (κ2) is 5.95. The smallest absolute Gasteiger partial charge is 0.220 e. The van der Waals surface area contributed by atoms with Crippen molar-refractivity contribution in [2.24, 2.45) is 0 Å². The van der Waals surface area contributed by atoms with Gasteiger partial charge < -0.3 is 9.88 Å². The first kappa shape index (κ1) is 13.0. The number of hydrogen-bond donors (Lipinski definition) is 1. The Kier molecular flexibility index (Phi) is 3.86. The molecule has 1 aromatic carbocycles. The van der Waals surface area contributed by atoms with E-state index in [1.54, 1.807) is 0 Å². The number of hydrogen-bond acceptors (Lipinski definition) is 1. The minimum absolute atomic E-state index is 0.181. The van der Waals surface area contributed by atoms with Crippen molar-refractivity contribution in [1.29, 1.82) is 0 Å². The van der Waals surface area contributed by atoms with Gasteiger partial charge in [0.15, 0.2) is 0 Å². The first-order valence-electron chi connectivity index (χ1n) is 7.28. The van der Waals surface area contributed by atoms with Crippen molar-refractivity contribution in [2.75, 3.05) is 0 Å². The van der Waals surface area contributed by atoms with Gasteiger partial charge in [-0.2, -0.15) is 0 Å². The van der Waals surface area contributed by atoms with Gasteiger partial charge in [-0.3, -0.25) is 4.79 Å². The average molecular weight is 268 g/mol. The Hall–Kier alpha value is -2.03. The molecule has 104 valence electrons. The molecule has 1 N–H and O–H groups in total. The van der Waals surface area contributed by atoms with E-state index < -0.39 is 0 Å². The average Bonchev–Trinajstić information content (AvgIpc) is 3.02. The molecule has 3 heteroatoms. The fourth-order valence-electron chi connectivity index (χ4n) is 2.64. The van der Waals surface area contributed by atoms with E-state index in [9.17, 15) is 4.79 Å². The normalized spacial score (nSPS) is 20.6. The first-order valence-corrected chi connectivity index (χ1v) is 7.28. The molecule has 1 aromatic heterocycles. The van der Waals surface area contributed by atoms with Crippen LogP contribution >= 0.6 is 0 Å². The Morgan fingerprint density at radius 3 is 2.65 bits per heavy atom. The van der Waals surface area contributed by atoms with Gasteiger partial charge in [0.1, 0.15) is 0 Å². The molecule has 0 saturated heterocycles. The van der Waals surface area contributed by atoms with Gasteiger partial charge in [0.2, 0.25) is 5.91 Å². The second-order valence-corrected chi connectivity index (χ2v) is 5.45. The van der Waals surface area contributed by atoms with Crippen LogP contribution in [0.15, 0.2) is 54.9 Å². The largest absolute Gasteiger partial charge is 0.354 e. The molecule has 3 nitrogen and oxygen atoms in total. The van der Waals surface area contributed by atoms with Crippen LogP contribution in [0.5, 0.6) is 0 Å². The van der Waals surface area contributed by atoms with Gasteiger partial charge in [0.25, 0.3) is 0 Å². The summed E-state index contributed by atoms with van der Waals surface area (Å²) in [5.74, 6) is 0.699. The van der Waals surface area contributed by atoms with Crippen LogP contribution in [0.25, 0.3) is 0 Å². The van der Waals surface area contributed by atoms with E-state index in [0.29, 0.717) is 18.4 Å². The maximum absolute atomic E-state index is 11.9. The molecule has 1 aliphatic carbocycles. The van der Waals surface area contributed by atoms with Gasteiger partial charge >= 0.3 is 0 Å². The monoisotopic (exact) mass is 268 g/mol. The highest BCUT2D eigenvalue weighted by Crippen LogP contribution is 2.40. The zero-order chi connectivity index (χ0) is 13.8. The highest BCUT2D eigenvalue weighted by Gasteiger charge is 2.39. The summed E-state index contributed by atoms with van der Waals surface area (Å²) >= 11 is 0. The minimum Gasteiger partial charge on any atom is -0.354 e. The fourth-order valence-corrected chi connectivity index (χ4v) is 2.64. The lowest BCUT2D eigenvalue weighted by molar-refractivity contribution is -0.121. The van der Waals surface area contributed by atoms with Gasteiger partial charge in [-0.25, -0.2) is 0 Å². The Morgan fingerprint density at radius 1 is 1.15 bits per heavy atom. The zero-order valence-corrected chi connectivity index (χ0v) is 11.5.